The number of hydrogen-bond donors (Lipinski definition) is 0. The Morgan fingerprint density at radius 2 is 1.68 bits per heavy atom. The molecule has 1 amide bonds. The number of para-hydroxylation sites is 2. The zero-order chi connectivity index (χ0) is 21.4. The molecule has 6 heteroatoms. The van der Waals surface area contributed by atoms with E-state index < -0.39 is 0 Å². The van der Waals surface area contributed by atoms with Crippen molar-refractivity contribution < 1.29 is 9.18 Å². The number of rotatable bonds is 3. The van der Waals surface area contributed by atoms with Crippen molar-refractivity contribution in [3.8, 4) is 0 Å². The van der Waals surface area contributed by atoms with Crippen molar-refractivity contribution in [3.05, 3.63) is 107 Å². The molecule has 1 atom stereocenters. The van der Waals surface area contributed by atoms with Crippen molar-refractivity contribution in [1.29, 1.82) is 0 Å². The first kappa shape index (κ1) is 19.1. The van der Waals surface area contributed by atoms with Gasteiger partial charge >= 0.3 is 0 Å². The summed E-state index contributed by atoms with van der Waals surface area (Å²) in [5, 5.41) is 6.11. The Hall–Kier alpha value is -3.93. The predicted molar refractivity (Wildman–Crippen MR) is 117 cm³/mol. The fourth-order valence-corrected chi connectivity index (χ4v) is 3.74. The molecule has 1 aliphatic heterocycles. The minimum absolute atomic E-state index is 0.236. The third-order valence-corrected chi connectivity index (χ3v) is 5.43. The van der Waals surface area contributed by atoms with E-state index in [0.717, 1.165) is 27.9 Å². The van der Waals surface area contributed by atoms with Crippen LogP contribution < -0.4 is 0 Å². The summed E-state index contributed by atoms with van der Waals surface area (Å²) in [6.45, 7) is 2.02. The maximum Gasteiger partial charge on any atom is 0.294 e. The summed E-state index contributed by atoms with van der Waals surface area (Å²) in [5.41, 5.74) is 5.26. The first-order chi connectivity index (χ1) is 15.1. The van der Waals surface area contributed by atoms with Gasteiger partial charge in [-0.1, -0.05) is 54.1 Å². The minimum atomic E-state index is -0.319. The molecule has 1 aromatic heterocycles. The fraction of sp³-hybridized carbons (Fsp3) is 0.120. The number of aromatic nitrogens is 2. The summed E-state index contributed by atoms with van der Waals surface area (Å²) in [6, 6.07) is 21.4. The van der Waals surface area contributed by atoms with Crippen LogP contribution in [0.25, 0.3) is 11.0 Å². The van der Waals surface area contributed by atoms with Crippen LogP contribution in [0.1, 0.15) is 39.6 Å². The van der Waals surface area contributed by atoms with Crippen molar-refractivity contribution in [2.24, 2.45) is 5.10 Å². The number of hydrogen-bond acceptors (Lipinski definition) is 4. The predicted octanol–water partition coefficient (Wildman–Crippen LogP) is 5.07. The zero-order valence-corrected chi connectivity index (χ0v) is 16.9. The van der Waals surface area contributed by atoms with E-state index in [1.807, 2.05) is 55.5 Å². The molecular weight excluding hydrogens is 391 g/mol. The van der Waals surface area contributed by atoms with Gasteiger partial charge in [-0.05, 0) is 42.3 Å². The SMILES string of the molecule is Cc1ccc(C2CC(c3ccc(F)cc3)=NN2C(=O)c2cnc3ccccc3n2)cc1. The van der Waals surface area contributed by atoms with Crippen LogP contribution in [-0.2, 0) is 0 Å². The molecule has 0 bridgehead atoms. The van der Waals surface area contributed by atoms with Gasteiger partial charge in [-0.25, -0.2) is 14.4 Å². The van der Waals surface area contributed by atoms with E-state index >= 15 is 0 Å². The normalized spacial score (nSPS) is 15.9. The van der Waals surface area contributed by atoms with Crippen LogP contribution in [0.3, 0.4) is 0 Å². The van der Waals surface area contributed by atoms with Crippen molar-refractivity contribution >= 4 is 22.7 Å². The molecule has 0 N–H and O–H groups in total. The molecule has 1 aliphatic rings. The van der Waals surface area contributed by atoms with Gasteiger partial charge in [0.05, 0.1) is 29.0 Å². The summed E-state index contributed by atoms with van der Waals surface area (Å²) >= 11 is 0. The molecule has 3 aromatic carbocycles. The minimum Gasteiger partial charge on any atom is -0.265 e. The van der Waals surface area contributed by atoms with E-state index in [0.29, 0.717) is 11.9 Å². The van der Waals surface area contributed by atoms with Gasteiger partial charge in [-0.3, -0.25) is 9.78 Å². The van der Waals surface area contributed by atoms with Gasteiger partial charge < -0.3 is 0 Å². The second-order valence-electron chi connectivity index (χ2n) is 7.58. The van der Waals surface area contributed by atoms with Crippen LogP contribution >= 0.6 is 0 Å². The average molecular weight is 410 g/mol. The molecule has 0 saturated carbocycles. The lowest BCUT2D eigenvalue weighted by Crippen LogP contribution is -2.28. The maximum atomic E-state index is 13.4. The number of hydrazone groups is 1. The zero-order valence-electron chi connectivity index (χ0n) is 16.9. The van der Waals surface area contributed by atoms with E-state index in [9.17, 15) is 9.18 Å². The lowest BCUT2D eigenvalue weighted by atomic mass is 9.97. The number of fused-ring (bicyclic) bond motifs is 1. The van der Waals surface area contributed by atoms with E-state index in [1.165, 1.54) is 23.3 Å². The molecule has 0 radical (unpaired) electrons. The van der Waals surface area contributed by atoms with Crippen molar-refractivity contribution in [2.75, 3.05) is 0 Å². The Morgan fingerprint density at radius 3 is 2.42 bits per heavy atom. The molecule has 0 fully saturated rings. The molecule has 152 valence electrons. The van der Waals surface area contributed by atoms with Crippen LogP contribution in [0.4, 0.5) is 4.39 Å². The molecule has 5 nitrogen and oxygen atoms in total. The fourth-order valence-electron chi connectivity index (χ4n) is 3.74. The molecule has 31 heavy (non-hydrogen) atoms. The molecular formula is C25H19FN4O. The van der Waals surface area contributed by atoms with Gasteiger partial charge in [0.2, 0.25) is 0 Å². The number of nitrogens with zero attached hydrogens (tertiary/aromatic N) is 4. The smallest absolute Gasteiger partial charge is 0.265 e. The largest absolute Gasteiger partial charge is 0.294 e. The summed E-state index contributed by atoms with van der Waals surface area (Å²) in [4.78, 5) is 22.3. The van der Waals surface area contributed by atoms with Crippen LogP contribution in [0.2, 0.25) is 0 Å². The van der Waals surface area contributed by atoms with Gasteiger partial charge in [0.1, 0.15) is 11.5 Å². The van der Waals surface area contributed by atoms with Gasteiger partial charge in [0.15, 0.2) is 0 Å². The molecule has 0 spiro atoms. The van der Waals surface area contributed by atoms with Gasteiger partial charge in [0, 0.05) is 6.42 Å². The molecule has 5 rings (SSSR count). The number of amides is 1. The maximum absolute atomic E-state index is 13.4. The number of aryl methyl sites for hydroxylation is 1. The molecule has 0 aliphatic carbocycles. The van der Waals surface area contributed by atoms with Crippen LogP contribution in [0.15, 0.2) is 84.1 Å². The van der Waals surface area contributed by atoms with Crippen LogP contribution in [-0.4, -0.2) is 26.6 Å². The lowest BCUT2D eigenvalue weighted by molar-refractivity contribution is 0.0705. The van der Waals surface area contributed by atoms with Crippen molar-refractivity contribution in [2.45, 2.75) is 19.4 Å². The van der Waals surface area contributed by atoms with Gasteiger partial charge in [0.25, 0.3) is 5.91 Å². The quantitative estimate of drug-likeness (QED) is 0.474. The highest BCUT2D eigenvalue weighted by atomic mass is 19.1. The van der Waals surface area contributed by atoms with E-state index in [1.54, 1.807) is 12.1 Å². The van der Waals surface area contributed by atoms with E-state index in [-0.39, 0.29) is 23.5 Å². The summed E-state index contributed by atoms with van der Waals surface area (Å²) in [6.07, 6.45) is 2.02. The monoisotopic (exact) mass is 410 g/mol. The topological polar surface area (TPSA) is 58.5 Å². The molecule has 4 aromatic rings. The summed E-state index contributed by atoms with van der Waals surface area (Å²) < 4.78 is 13.4. The van der Waals surface area contributed by atoms with Gasteiger partial charge in [-0.2, -0.15) is 5.10 Å². The Balaban J connectivity index is 1.55. The highest BCUT2D eigenvalue weighted by molar-refractivity contribution is 6.04. The summed E-state index contributed by atoms with van der Waals surface area (Å²) in [7, 11) is 0. The number of benzene rings is 3. The highest BCUT2D eigenvalue weighted by Gasteiger charge is 2.34. The third-order valence-electron chi connectivity index (χ3n) is 5.43. The molecule has 0 saturated heterocycles. The molecule has 1 unspecified atom stereocenters. The first-order valence-corrected chi connectivity index (χ1v) is 10.0. The third kappa shape index (κ3) is 3.68. The second-order valence-corrected chi connectivity index (χ2v) is 7.58. The Labute approximate surface area is 178 Å². The second kappa shape index (κ2) is 7.72. The number of carbonyl (C=O) groups excluding carboxylic acids is 1. The van der Waals surface area contributed by atoms with Crippen molar-refractivity contribution in [3.63, 3.8) is 0 Å². The highest BCUT2D eigenvalue weighted by Crippen LogP contribution is 2.34. The first-order valence-electron chi connectivity index (χ1n) is 10.0. The number of halogens is 1. The van der Waals surface area contributed by atoms with Crippen molar-refractivity contribution in [1.82, 2.24) is 15.0 Å². The van der Waals surface area contributed by atoms with E-state index in [4.69, 9.17) is 0 Å². The Bertz CT molecular complexity index is 1300. The molecule has 2 heterocycles. The Morgan fingerprint density at radius 1 is 0.968 bits per heavy atom. The van der Waals surface area contributed by atoms with Crippen LogP contribution in [0, 0.1) is 12.7 Å². The van der Waals surface area contributed by atoms with Crippen LogP contribution in [0.5, 0.6) is 0 Å². The van der Waals surface area contributed by atoms with Gasteiger partial charge in [-0.15, -0.1) is 0 Å². The number of carbonyl (C=O) groups is 1. The van der Waals surface area contributed by atoms with E-state index in [2.05, 4.69) is 15.1 Å². The summed E-state index contributed by atoms with van der Waals surface area (Å²) in [5.74, 6) is -0.627. The Kier molecular flexibility index (Phi) is 4.75. The standard InChI is InChI=1S/C25H19FN4O/c1-16-6-8-18(9-7-16)24-14-22(17-10-12-19(26)13-11-17)29-30(24)25(31)23-15-27-20-4-2-3-5-21(20)28-23/h2-13,15,24H,14H2,1H3. The lowest BCUT2D eigenvalue weighted by Gasteiger charge is -2.22. The average Bonchev–Trinajstić information content (AvgIpc) is 3.24.